The van der Waals surface area contributed by atoms with E-state index in [2.05, 4.69) is 22.2 Å². The molecule has 1 rings (SSSR count). The first-order valence-corrected chi connectivity index (χ1v) is 5.86. The smallest absolute Gasteiger partial charge is 0.147 e. The second-order valence-electron chi connectivity index (χ2n) is 3.94. The summed E-state index contributed by atoms with van der Waals surface area (Å²) in [6.45, 7) is 3.04. The fraction of sp³-hybridized carbons (Fsp3) is 0.583. The molecule has 0 aliphatic heterocycles. The van der Waals surface area contributed by atoms with Crippen LogP contribution in [0.3, 0.4) is 0 Å². The first-order chi connectivity index (χ1) is 8.31. The van der Waals surface area contributed by atoms with Crippen LogP contribution in [0.5, 0.6) is 0 Å². The Bertz CT molecular complexity index is 369. The minimum absolute atomic E-state index is 0.196. The fourth-order valence-electron chi connectivity index (χ4n) is 1.73. The number of anilines is 1. The molecular formula is C12H18N4O. The van der Waals surface area contributed by atoms with Crippen molar-refractivity contribution in [3.8, 4) is 6.07 Å². The van der Waals surface area contributed by atoms with E-state index in [9.17, 15) is 0 Å². The number of aliphatic hydroxyl groups is 1. The molecule has 1 aromatic rings. The van der Waals surface area contributed by atoms with Gasteiger partial charge in [0.15, 0.2) is 0 Å². The van der Waals surface area contributed by atoms with E-state index >= 15 is 0 Å². The molecule has 92 valence electrons. The summed E-state index contributed by atoms with van der Waals surface area (Å²) < 4.78 is 0. The van der Waals surface area contributed by atoms with Crippen molar-refractivity contribution < 1.29 is 5.11 Å². The van der Waals surface area contributed by atoms with E-state index < -0.39 is 0 Å². The van der Waals surface area contributed by atoms with Crippen LogP contribution >= 0.6 is 0 Å². The maximum absolute atomic E-state index is 8.96. The Kier molecular flexibility index (Phi) is 5.97. The van der Waals surface area contributed by atoms with Crippen molar-refractivity contribution in [2.75, 3.05) is 18.5 Å². The number of nitrogens with zero attached hydrogens (tertiary/aromatic N) is 3. The molecule has 0 radical (unpaired) electrons. The van der Waals surface area contributed by atoms with E-state index in [1.807, 2.05) is 6.07 Å². The molecule has 5 heteroatoms. The summed E-state index contributed by atoms with van der Waals surface area (Å²) in [6, 6.07) is 2.05. The van der Waals surface area contributed by atoms with Crippen LogP contribution in [0, 0.1) is 17.2 Å². The third kappa shape index (κ3) is 4.37. The predicted molar refractivity (Wildman–Crippen MR) is 65.3 cm³/mol. The van der Waals surface area contributed by atoms with Crippen LogP contribution in [0.4, 0.5) is 5.82 Å². The van der Waals surface area contributed by atoms with Crippen LogP contribution in [0.2, 0.25) is 0 Å². The molecule has 0 amide bonds. The third-order valence-electron chi connectivity index (χ3n) is 2.63. The van der Waals surface area contributed by atoms with E-state index in [1.54, 1.807) is 0 Å². The number of aliphatic hydroxyl groups excluding tert-OH is 1. The number of aromatic nitrogens is 2. The van der Waals surface area contributed by atoms with Crippen molar-refractivity contribution in [3.05, 3.63) is 18.1 Å². The zero-order chi connectivity index (χ0) is 12.5. The summed E-state index contributed by atoms with van der Waals surface area (Å²) in [4.78, 5) is 7.84. The van der Waals surface area contributed by atoms with Gasteiger partial charge >= 0.3 is 0 Å². The minimum atomic E-state index is 0.196. The summed E-state index contributed by atoms with van der Waals surface area (Å²) in [5.41, 5.74) is 0.451. The zero-order valence-corrected chi connectivity index (χ0v) is 10.1. The Morgan fingerprint density at radius 2 is 2.35 bits per heavy atom. The van der Waals surface area contributed by atoms with Crippen LogP contribution in [0.15, 0.2) is 12.5 Å². The van der Waals surface area contributed by atoms with Crippen LogP contribution in [-0.2, 0) is 0 Å². The number of nitriles is 1. The van der Waals surface area contributed by atoms with Crippen molar-refractivity contribution >= 4 is 5.82 Å². The highest BCUT2D eigenvalue weighted by Gasteiger charge is 2.09. The van der Waals surface area contributed by atoms with E-state index in [1.165, 1.54) is 12.5 Å². The molecule has 1 unspecified atom stereocenters. The Labute approximate surface area is 102 Å². The van der Waals surface area contributed by atoms with Crippen molar-refractivity contribution in [1.82, 2.24) is 9.97 Å². The van der Waals surface area contributed by atoms with Crippen molar-refractivity contribution in [1.29, 1.82) is 5.26 Å². The lowest BCUT2D eigenvalue weighted by Crippen LogP contribution is -2.17. The highest BCUT2D eigenvalue weighted by atomic mass is 16.3. The molecule has 5 nitrogen and oxygen atoms in total. The fourth-order valence-corrected chi connectivity index (χ4v) is 1.73. The normalized spacial score (nSPS) is 11.8. The molecule has 0 spiro atoms. The van der Waals surface area contributed by atoms with Gasteiger partial charge in [0, 0.05) is 13.2 Å². The number of hydrogen-bond donors (Lipinski definition) is 2. The lowest BCUT2D eigenvalue weighted by molar-refractivity contribution is 0.255. The SMILES string of the molecule is CCCC(CCO)CNc1ncncc1C#N. The Hall–Kier alpha value is -1.67. The van der Waals surface area contributed by atoms with E-state index in [0.717, 1.165) is 25.8 Å². The highest BCUT2D eigenvalue weighted by molar-refractivity contribution is 5.49. The standard InChI is InChI=1S/C12H18N4O/c1-2-3-10(4-5-17)7-15-12-11(6-13)8-14-9-16-12/h8-10,17H,2-5,7H2,1H3,(H,14,15,16). The lowest BCUT2D eigenvalue weighted by atomic mass is 10.0. The molecule has 0 aliphatic rings. The molecule has 1 heterocycles. The van der Waals surface area contributed by atoms with Gasteiger partial charge in [0.05, 0.1) is 6.20 Å². The van der Waals surface area contributed by atoms with Crippen molar-refractivity contribution in [2.24, 2.45) is 5.92 Å². The van der Waals surface area contributed by atoms with E-state index in [0.29, 0.717) is 17.3 Å². The van der Waals surface area contributed by atoms with Gasteiger partial charge in [0.2, 0.25) is 0 Å². The third-order valence-corrected chi connectivity index (χ3v) is 2.63. The molecule has 0 bridgehead atoms. The molecule has 0 aliphatic carbocycles. The molecule has 17 heavy (non-hydrogen) atoms. The number of hydrogen-bond acceptors (Lipinski definition) is 5. The van der Waals surface area contributed by atoms with Gasteiger partial charge in [-0.05, 0) is 18.8 Å². The zero-order valence-electron chi connectivity index (χ0n) is 10.1. The second kappa shape index (κ2) is 7.58. The lowest BCUT2D eigenvalue weighted by Gasteiger charge is -2.16. The monoisotopic (exact) mass is 234 g/mol. The van der Waals surface area contributed by atoms with Gasteiger partial charge in [-0.1, -0.05) is 13.3 Å². The van der Waals surface area contributed by atoms with Gasteiger partial charge in [-0.2, -0.15) is 5.26 Å². The Morgan fingerprint density at radius 3 is 3.00 bits per heavy atom. The summed E-state index contributed by atoms with van der Waals surface area (Å²) in [5.74, 6) is 0.980. The van der Waals surface area contributed by atoms with Gasteiger partial charge in [-0.3, -0.25) is 0 Å². The van der Waals surface area contributed by atoms with Gasteiger partial charge < -0.3 is 10.4 Å². The molecule has 0 aromatic carbocycles. The average Bonchev–Trinajstić information content (AvgIpc) is 2.37. The summed E-state index contributed by atoms with van der Waals surface area (Å²) in [5, 5.41) is 21.0. The van der Waals surface area contributed by atoms with Crippen LogP contribution < -0.4 is 5.32 Å². The van der Waals surface area contributed by atoms with Gasteiger partial charge in [0.25, 0.3) is 0 Å². The molecule has 1 aromatic heterocycles. The molecule has 0 saturated heterocycles. The molecular weight excluding hydrogens is 216 g/mol. The van der Waals surface area contributed by atoms with Gasteiger partial charge in [0.1, 0.15) is 23.8 Å². The van der Waals surface area contributed by atoms with E-state index in [4.69, 9.17) is 10.4 Å². The largest absolute Gasteiger partial charge is 0.396 e. The minimum Gasteiger partial charge on any atom is -0.396 e. The molecule has 2 N–H and O–H groups in total. The maximum Gasteiger partial charge on any atom is 0.147 e. The van der Waals surface area contributed by atoms with Crippen LogP contribution in [0.25, 0.3) is 0 Å². The number of rotatable bonds is 7. The van der Waals surface area contributed by atoms with Crippen LogP contribution in [-0.4, -0.2) is 28.2 Å². The quantitative estimate of drug-likeness (QED) is 0.748. The molecule has 1 atom stereocenters. The summed E-state index contributed by atoms with van der Waals surface area (Å²) in [6.07, 6.45) is 5.83. The highest BCUT2D eigenvalue weighted by Crippen LogP contribution is 2.14. The first-order valence-electron chi connectivity index (χ1n) is 5.86. The van der Waals surface area contributed by atoms with Crippen LogP contribution in [0.1, 0.15) is 31.7 Å². The van der Waals surface area contributed by atoms with E-state index in [-0.39, 0.29) is 6.61 Å². The molecule has 0 fully saturated rings. The maximum atomic E-state index is 8.96. The van der Waals surface area contributed by atoms with Gasteiger partial charge in [-0.25, -0.2) is 9.97 Å². The van der Waals surface area contributed by atoms with Crippen molar-refractivity contribution in [3.63, 3.8) is 0 Å². The molecule has 0 saturated carbocycles. The first kappa shape index (κ1) is 13.4. The average molecular weight is 234 g/mol. The topological polar surface area (TPSA) is 81.8 Å². The number of nitrogens with one attached hydrogen (secondary N) is 1. The second-order valence-corrected chi connectivity index (χ2v) is 3.94. The Morgan fingerprint density at radius 1 is 1.53 bits per heavy atom. The van der Waals surface area contributed by atoms with Crippen molar-refractivity contribution in [2.45, 2.75) is 26.2 Å². The van der Waals surface area contributed by atoms with Gasteiger partial charge in [-0.15, -0.1) is 0 Å². The Balaban J connectivity index is 2.56. The summed E-state index contributed by atoms with van der Waals surface area (Å²) in [7, 11) is 0. The summed E-state index contributed by atoms with van der Waals surface area (Å²) >= 11 is 0. The predicted octanol–water partition coefficient (Wildman–Crippen LogP) is 1.56.